The molecule has 0 spiro atoms. The predicted octanol–water partition coefficient (Wildman–Crippen LogP) is 13.8. The zero-order chi connectivity index (χ0) is 33.0. The van der Waals surface area contributed by atoms with Gasteiger partial charge in [0, 0.05) is 27.8 Å². The normalized spacial score (nSPS) is 11.6. The Morgan fingerprint density at radius 1 is 0.280 bits per heavy atom. The molecule has 0 N–H and O–H groups in total. The van der Waals surface area contributed by atoms with Crippen molar-refractivity contribution in [2.24, 2.45) is 0 Å². The Hall–Kier alpha value is -6.64. The molecule has 2 nitrogen and oxygen atoms in total. The first-order valence-corrected chi connectivity index (χ1v) is 17.1. The Kier molecular flexibility index (Phi) is 6.53. The van der Waals surface area contributed by atoms with Crippen molar-refractivity contribution < 1.29 is 4.42 Å². The molecule has 10 rings (SSSR count). The van der Waals surface area contributed by atoms with Gasteiger partial charge in [0.2, 0.25) is 0 Å². The lowest BCUT2D eigenvalue weighted by atomic mass is 9.96. The van der Waals surface area contributed by atoms with E-state index < -0.39 is 0 Å². The van der Waals surface area contributed by atoms with Crippen molar-refractivity contribution in [3.05, 3.63) is 188 Å². The SMILES string of the molecule is c1ccc(-c2ccc3cc(-c4ccc5ccc(N(c6ccc7ccccc7c6)c6ccc7oc8ccccc8c7c6)cc5c4)ccc3c2)cc1. The topological polar surface area (TPSA) is 16.4 Å². The van der Waals surface area contributed by atoms with Gasteiger partial charge in [-0.15, -0.1) is 0 Å². The van der Waals surface area contributed by atoms with Gasteiger partial charge in [-0.3, -0.25) is 0 Å². The van der Waals surface area contributed by atoms with E-state index in [2.05, 4.69) is 181 Å². The van der Waals surface area contributed by atoms with Crippen LogP contribution in [-0.2, 0) is 0 Å². The van der Waals surface area contributed by atoms with Crippen LogP contribution >= 0.6 is 0 Å². The van der Waals surface area contributed by atoms with Crippen molar-refractivity contribution >= 4 is 71.3 Å². The molecule has 9 aromatic carbocycles. The van der Waals surface area contributed by atoms with Gasteiger partial charge in [0.25, 0.3) is 0 Å². The average molecular weight is 638 g/mol. The van der Waals surface area contributed by atoms with E-state index in [4.69, 9.17) is 4.42 Å². The summed E-state index contributed by atoms with van der Waals surface area (Å²) in [5.41, 5.74) is 9.97. The molecule has 0 atom stereocenters. The number of nitrogens with zero attached hydrogens (tertiary/aromatic N) is 1. The first-order chi connectivity index (χ1) is 24.7. The van der Waals surface area contributed by atoms with Crippen molar-refractivity contribution in [3.8, 4) is 22.3 Å². The van der Waals surface area contributed by atoms with Gasteiger partial charge in [0.1, 0.15) is 11.2 Å². The molecule has 234 valence electrons. The third-order valence-electron chi connectivity index (χ3n) is 9.97. The summed E-state index contributed by atoms with van der Waals surface area (Å²) in [5.74, 6) is 0. The Morgan fingerprint density at radius 3 is 1.52 bits per heavy atom. The number of hydrogen-bond acceptors (Lipinski definition) is 2. The minimum atomic E-state index is 0.892. The second kappa shape index (κ2) is 11.5. The molecular formula is C48H31NO. The number of hydrogen-bond donors (Lipinski definition) is 0. The van der Waals surface area contributed by atoms with E-state index in [1.54, 1.807) is 0 Å². The third kappa shape index (κ3) is 4.89. The molecule has 1 heterocycles. The molecule has 0 aliphatic carbocycles. The number of rotatable bonds is 5. The van der Waals surface area contributed by atoms with Crippen molar-refractivity contribution in [1.82, 2.24) is 0 Å². The highest BCUT2D eigenvalue weighted by Crippen LogP contribution is 2.41. The average Bonchev–Trinajstić information content (AvgIpc) is 3.56. The summed E-state index contributed by atoms with van der Waals surface area (Å²) in [4.78, 5) is 2.36. The van der Waals surface area contributed by atoms with E-state index in [9.17, 15) is 0 Å². The number of para-hydroxylation sites is 1. The Labute approximate surface area is 290 Å². The summed E-state index contributed by atoms with van der Waals surface area (Å²) in [6.45, 7) is 0. The van der Waals surface area contributed by atoms with Crippen molar-refractivity contribution in [2.45, 2.75) is 0 Å². The maximum absolute atomic E-state index is 6.20. The maximum atomic E-state index is 6.20. The van der Waals surface area contributed by atoms with Crippen LogP contribution in [0.4, 0.5) is 17.1 Å². The van der Waals surface area contributed by atoms with Crippen LogP contribution in [0.3, 0.4) is 0 Å². The van der Waals surface area contributed by atoms with Crippen LogP contribution in [0.15, 0.2) is 192 Å². The molecule has 0 radical (unpaired) electrons. The van der Waals surface area contributed by atoms with E-state index >= 15 is 0 Å². The molecule has 10 aromatic rings. The lowest BCUT2D eigenvalue weighted by molar-refractivity contribution is 0.669. The van der Waals surface area contributed by atoms with E-state index in [-0.39, 0.29) is 0 Å². The third-order valence-corrected chi connectivity index (χ3v) is 9.97. The minimum absolute atomic E-state index is 0.892. The standard InChI is InChI=1S/C48H31NO/c1-2-8-32(9-3-1)36-16-17-38-27-39(19-18-37(38)26-36)40-15-14-34-21-23-43(30-41(34)28-40)49(42-22-20-33-10-4-5-11-35(33)29-42)44-24-25-48-46(31-44)45-12-6-7-13-47(45)50-48/h1-31H. The zero-order valence-electron chi connectivity index (χ0n) is 27.3. The van der Waals surface area contributed by atoms with Gasteiger partial charge in [-0.25, -0.2) is 0 Å². The van der Waals surface area contributed by atoms with Crippen molar-refractivity contribution in [3.63, 3.8) is 0 Å². The fourth-order valence-electron chi connectivity index (χ4n) is 7.40. The molecule has 0 amide bonds. The lowest BCUT2D eigenvalue weighted by Crippen LogP contribution is -2.09. The summed E-state index contributed by atoms with van der Waals surface area (Å²) in [5, 5.41) is 9.55. The van der Waals surface area contributed by atoms with Gasteiger partial charge < -0.3 is 9.32 Å². The fourth-order valence-corrected chi connectivity index (χ4v) is 7.40. The zero-order valence-corrected chi connectivity index (χ0v) is 27.3. The van der Waals surface area contributed by atoms with E-state index in [0.717, 1.165) is 39.0 Å². The summed E-state index contributed by atoms with van der Waals surface area (Å²) >= 11 is 0. The Bertz CT molecular complexity index is 2880. The van der Waals surface area contributed by atoms with E-state index in [0.29, 0.717) is 0 Å². The fraction of sp³-hybridized carbons (Fsp3) is 0. The second-order valence-electron chi connectivity index (χ2n) is 13.0. The number of anilines is 3. The van der Waals surface area contributed by atoms with Gasteiger partial charge >= 0.3 is 0 Å². The second-order valence-corrected chi connectivity index (χ2v) is 13.0. The number of furan rings is 1. The molecule has 1 aromatic heterocycles. The molecular weight excluding hydrogens is 607 g/mol. The van der Waals surface area contributed by atoms with E-state index in [1.807, 2.05) is 12.1 Å². The van der Waals surface area contributed by atoms with Gasteiger partial charge in [0.05, 0.1) is 0 Å². The van der Waals surface area contributed by atoms with Crippen LogP contribution in [0.5, 0.6) is 0 Å². The highest BCUT2D eigenvalue weighted by Gasteiger charge is 2.17. The van der Waals surface area contributed by atoms with Crippen LogP contribution < -0.4 is 4.90 Å². The minimum Gasteiger partial charge on any atom is -0.456 e. The molecule has 0 aliphatic rings. The van der Waals surface area contributed by atoms with Gasteiger partial charge in [-0.2, -0.15) is 0 Å². The van der Waals surface area contributed by atoms with Crippen LogP contribution in [0.25, 0.3) is 76.5 Å². The molecule has 2 heteroatoms. The summed E-state index contributed by atoms with van der Waals surface area (Å²) in [6.07, 6.45) is 0. The molecule has 0 aliphatic heterocycles. The van der Waals surface area contributed by atoms with Gasteiger partial charge in [-0.1, -0.05) is 121 Å². The maximum Gasteiger partial charge on any atom is 0.135 e. The molecule has 0 unspecified atom stereocenters. The Balaban J connectivity index is 1.09. The predicted molar refractivity (Wildman–Crippen MR) is 212 cm³/mol. The summed E-state index contributed by atoms with van der Waals surface area (Å²) < 4.78 is 6.20. The van der Waals surface area contributed by atoms with Crippen molar-refractivity contribution in [2.75, 3.05) is 4.90 Å². The molecule has 0 fully saturated rings. The molecule has 0 bridgehead atoms. The molecule has 0 saturated heterocycles. The van der Waals surface area contributed by atoms with Crippen molar-refractivity contribution in [1.29, 1.82) is 0 Å². The lowest BCUT2D eigenvalue weighted by Gasteiger charge is -2.26. The van der Waals surface area contributed by atoms with Crippen LogP contribution in [0.1, 0.15) is 0 Å². The number of fused-ring (bicyclic) bond motifs is 6. The smallest absolute Gasteiger partial charge is 0.135 e. The highest BCUT2D eigenvalue weighted by atomic mass is 16.3. The number of benzene rings is 9. The van der Waals surface area contributed by atoms with Crippen LogP contribution in [0, 0.1) is 0 Å². The Morgan fingerprint density at radius 2 is 0.760 bits per heavy atom. The highest BCUT2D eigenvalue weighted by molar-refractivity contribution is 6.07. The first-order valence-electron chi connectivity index (χ1n) is 17.1. The van der Waals surface area contributed by atoms with E-state index in [1.165, 1.54) is 54.6 Å². The van der Waals surface area contributed by atoms with Gasteiger partial charge in [-0.05, 0) is 121 Å². The largest absolute Gasteiger partial charge is 0.456 e. The first kappa shape index (κ1) is 28.4. The summed E-state index contributed by atoms with van der Waals surface area (Å²) in [7, 11) is 0. The monoisotopic (exact) mass is 637 g/mol. The summed E-state index contributed by atoms with van der Waals surface area (Å²) in [6, 6.07) is 67.8. The molecule has 0 saturated carbocycles. The quantitative estimate of drug-likeness (QED) is 0.187. The van der Waals surface area contributed by atoms with Gasteiger partial charge in [0.15, 0.2) is 0 Å². The molecule has 50 heavy (non-hydrogen) atoms. The van der Waals surface area contributed by atoms with Crippen LogP contribution in [0.2, 0.25) is 0 Å². The van der Waals surface area contributed by atoms with Crippen LogP contribution in [-0.4, -0.2) is 0 Å².